The largest absolute Gasteiger partial charge is 0.465 e. The molecular weight excluding hydrogens is 348 g/mol. The van der Waals surface area contributed by atoms with E-state index in [1.807, 2.05) is 6.92 Å². The van der Waals surface area contributed by atoms with Gasteiger partial charge in [-0.15, -0.1) is 0 Å². The standard InChI is InChI=1S/C20H30N2O5/c1-6-14-17(19(24)26-5)13(4)18(22-14)20(25)27-10-16(23)21-15-9-7-8-11(2)12(15)3/h11-12,15,22H,6-10H2,1-5H3,(H,21,23). The topological polar surface area (TPSA) is 97.5 Å². The molecule has 1 aliphatic rings. The SMILES string of the molecule is CCc1[nH]c(C(=O)OCC(=O)NC2CCCC(C)C2C)c(C)c1C(=O)OC. The Morgan fingerprint density at radius 1 is 1.19 bits per heavy atom. The minimum absolute atomic E-state index is 0.116. The van der Waals surface area contributed by atoms with Crippen molar-refractivity contribution in [3.63, 3.8) is 0 Å². The van der Waals surface area contributed by atoms with E-state index in [-0.39, 0.29) is 24.2 Å². The van der Waals surface area contributed by atoms with Crippen LogP contribution < -0.4 is 5.32 Å². The summed E-state index contributed by atoms with van der Waals surface area (Å²) in [4.78, 5) is 39.4. The first-order chi connectivity index (χ1) is 12.8. The van der Waals surface area contributed by atoms with E-state index in [2.05, 4.69) is 24.1 Å². The fourth-order valence-corrected chi connectivity index (χ4v) is 3.74. The van der Waals surface area contributed by atoms with E-state index < -0.39 is 11.9 Å². The summed E-state index contributed by atoms with van der Waals surface area (Å²) in [6.45, 7) is 7.52. The van der Waals surface area contributed by atoms with Gasteiger partial charge in [-0.25, -0.2) is 9.59 Å². The Labute approximate surface area is 160 Å². The highest BCUT2D eigenvalue weighted by Gasteiger charge is 2.29. The number of carbonyl (C=O) groups is 3. The first kappa shape index (κ1) is 21.0. The number of H-pyrrole nitrogens is 1. The van der Waals surface area contributed by atoms with E-state index in [4.69, 9.17) is 9.47 Å². The number of aromatic nitrogens is 1. The zero-order chi connectivity index (χ0) is 20.1. The van der Waals surface area contributed by atoms with Crippen LogP contribution >= 0.6 is 0 Å². The van der Waals surface area contributed by atoms with Crippen LogP contribution in [0.5, 0.6) is 0 Å². The Kier molecular flexibility index (Phi) is 7.05. The summed E-state index contributed by atoms with van der Waals surface area (Å²) in [6.07, 6.45) is 3.75. The lowest BCUT2D eigenvalue weighted by Crippen LogP contribution is -2.45. The van der Waals surface area contributed by atoms with Crippen LogP contribution in [0.25, 0.3) is 0 Å². The Balaban J connectivity index is 1.98. The molecule has 1 fully saturated rings. The van der Waals surface area contributed by atoms with Crippen LogP contribution in [0.15, 0.2) is 0 Å². The Bertz CT molecular complexity index is 709. The second-order valence-electron chi connectivity index (χ2n) is 7.34. The van der Waals surface area contributed by atoms with Crippen molar-refractivity contribution in [2.24, 2.45) is 11.8 Å². The number of hydrogen-bond acceptors (Lipinski definition) is 5. The number of ether oxygens (including phenoxy) is 2. The number of esters is 2. The Morgan fingerprint density at radius 3 is 2.52 bits per heavy atom. The monoisotopic (exact) mass is 378 g/mol. The number of aromatic amines is 1. The third-order valence-electron chi connectivity index (χ3n) is 5.66. The van der Waals surface area contributed by atoms with Gasteiger partial charge in [-0.3, -0.25) is 4.79 Å². The number of carbonyl (C=O) groups excluding carboxylic acids is 3. The molecule has 7 nitrogen and oxygen atoms in total. The maximum absolute atomic E-state index is 12.4. The molecule has 2 rings (SSSR count). The van der Waals surface area contributed by atoms with E-state index in [0.29, 0.717) is 35.1 Å². The lowest BCUT2D eigenvalue weighted by Gasteiger charge is -2.34. The maximum Gasteiger partial charge on any atom is 0.355 e. The molecule has 1 amide bonds. The molecule has 3 atom stereocenters. The van der Waals surface area contributed by atoms with Gasteiger partial charge in [0.05, 0.1) is 12.7 Å². The van der Waals surface area contributed by atoms with Crippen LogP contribution in [0, 0.1) is 18.8 Å². The highest BCUT2D eigenvalue weighted by atomic mass is 16.5. The van der Waals surface area contributed by atoms with E-state index in [1.54, 1.807) is 6.92 Å². The maximum atomic E-state index is 12.4. The van der Waals surface area contributed by atoms with Crippen LogP contribution in [0.4, 0.5) is 0 Å². The van der Waals surface area contributed by atoms with Gasteiger partial charge in [-0.1, -0.05) is 33.6 Å². The molecule has 3 unspecified atom stereocenters. The van der Waals surface area contributed by atoms with Crippen LogP contribution in [0.3, 0.4) is 0 Å². The highest BCUT2D eigenvalue weighted by molar-refractivity contribution is 5.99. The number of hydrogen-bond donors (Lipinski definition) is 2. The minimum atomic E-state index is -0.655. The molecule has 0 aliphatic heterocycles. The molecular formula is C20H30N2O5. The molecule has 0 bridgehead atoms. The summed E-state index contributed by atoms with van der Waals surface area (Å²) in [6, 6.07) is 0.116. The molecule has 7 heteroatoms. The summed E-state index contributed by atoms with van der Waals surface area (Å²) in [5, 5.41) is 2.98. The summed E-state index contributed by atoms with van der Waals surface area (Å²) in [7, 11) is 1.30. The molecule has 1 aromatic heterocycles. The first-order valence-corrected chi connectivity index (χ1v) is 9.56. The van der Waals surface area contributed by atoms with E-state index in [0.717, 1.165) is 12.8 Å². The summed E-state index contributed by atoms with van der Waals surface area (Å²) >= 11 is 0. The molecule has 1 aromatic rings. The van der Waals surface area contributed by atoms with Gasteiger partial charge in [0.1, 0.15) is 5.69 Å². The van der Waals surface area contributed by atoms with Crippen LogP contribution in [0.1, 0.15) is 72.1 Å². The first-order valence-electron chi connectivity index (χ1n) is 9.56. The minimum Gasteiger partial charge on any atom is -0.465 e. The second kappa shape index (κ2) is 9.06. The molecule has 0 spiro atoms. The van der Waals surface area contributed by atoms with Crippen molar-refractivity contribution in [2.75, 3.05) is 13.7 Å². The van der Waals surface area contributed by atoms with Crippen LogP contribution in [0.2, 0.25) is 0 Å². The molecule has 0 aromatic carbocycles. The molecule has 0 radical (unpaired) electrons. The summed E-state index contributed by atoms with van der Waals surface area (Å²) < 4.78 is 9.95. The Hall–Kier alpha value is -2.31. The van der Waals surface area contributed by atoms with Crippen molar-refractivity contribution < 1.29 is 23.9 Å². The van der Waals surface area contributed by atoms with Gasteiger partial charge in [0, 0.05) is 11.7 Å². The van der Waals surface area contributed by atoms with Crippen molar-refractivity contribution in [1.82, 2.24) is 10.3 Å². The number of amides is 1. The van der Waals surface area contributed by atoms with Crippen molar-refractivity contribution in [1.29, 1.82) is 0 Å². The van der Waals surface area contributed by atoms with Gasteiger partial charge in [-0.2, -0.15) is 0 Å². The van der Waals surface area contributed by atoms with Gasteiger partial charge in [-0.05, 0) is 37.2 Å². The van der Waals surface area contributed by atoms with Crippen molar-refractivity contribution in [3.8, 4) is 0 Å². The number of methoxy groups -OCH3 is 1. The smallest absolute Gasteiger partial charge is 0.355 e. The zero-order valence-electron chi connectivity index (χ0n) is 16.8. The fourth-order valence-electron chi connectivity index (χ4n) is 3.74. The molecule has 1 saturated carbocycles. The summed E-state index contributed by atoms with van der Waals surface area (Å²) in [5.41, 5.74) is 1.61. The average molecular weight is 378 g/mol. The van der Waals surface area contributed by atoms with Gasteiger partial charge < -0.3 is 19.8 Å². The van der Waals surface area contributed by atoms with E-state index in [1.165, 1.54) is 13.5 Å². The van der Waals surface area contributed by atoms with Crippen LogP contribution in [-0.2, 0) is 20.7 Å². The second-order valence-corrected chi connectivity index (χ2v) is 7.34. The normalized spacial score (nSPS) is 22.2. The number of aryl methyl sites for hydroxylation is 1. The lowest BCUT2D eigenvalue weighted by atomic mass is 9.78. The Morgan fingerprint density at radius 2 is 1.89 bits per heavy atom. The van der Waals surface area contributed by atoms with Crippen molar-refractivity contribution in [3.05, 3.63) is 22.5 Å². The van der Waals surface area contributed by atoms with E-state index >= 15 is 0 Å². The molecule has 0 saturated heterocycles. The number of rotatable bonds is 6. The quantitative estimate of drug-likeness (QED) is 0.742. The lowest BCUT2D eigenvalue weighted by molar-refractivity contribution is -0.125. The predicted molar refractivity (Wildman–Crippen MR) is 101 cm³/mol. The number of nitrogens with one attached hydrogen (secondary N) is 2. The van der Waals surface area contributed by atoms with Gasteiger partial charge in [0.2, 0.25) is 0 Å². The fraction of sp³-hybridized carbons (Fsp3) is 0.650. The predicted octanol–water partition coefficient (Wildman–Crippen LogP) is 2.77. The van der Waals surface area contributed by atoms with E-state index in [9.17, 15) is 14.4 Å². The zero-order valence-corrected chi connectivity index (χ0v) is 16.8. The van der Waals surface area contributed by atoms with Gasteiger partial charge in [0.15, 0.2) is 6.61 Å². The molecule has 27 heavy (non-hydrogen) atoms. The van der Waals surface area contributed by atoms with Gasteiger partial charge >= 0.3 is 11.9 Å². The molecule has 1 aliphatic carbocycles. The third-order valence-corrected chi connectivity index (χ3v) is 5.66. The third kappa shape index (κ3) is 4.70. The molecule has 1 heterocycles. The highest BCUT2D eigenvalue weighted by Crippen LogP contribution is 2.29. The van der Waals surface area contributed by atoms with Crippen molar-refractivity contribution >= 4 is 17.8 Å². The van der Waals surface area contributed by atoms with Crippen LogP contribution in [-0.4, -0.2) is 42.6 Å². The summed E-state index contributed by atoms with van der Waals surface area (Å²) in [5.74, 6) is -0.492. The molecule has 2 N–H and O–H groups in total. The van der Waals surface area contributed by atoms with Gasteiger partial charge in [0.25, 0.3) is 5.91 Å². The van der Waals surface area contributed by atoms with Crippen molar-refractivity contribution in [2.45, 2.75) is 59.4 Å². The average Bonchev–Trinajstić information content (AvgIpc) is 2.99. The molecule has 150 valence electrons.